The van der Waals surface area contributed by atoms with Crippen LogP contribution in [0.3, 0.4) is 0 Å². The first-order valence-electron chi connectivity index (χ1n) is 6.76. The van der Waals surface area contributed by atoms with Gasteiger partial charge in [-0.05, 0) is 29.7 Å². The van der Waals surface area contributed by atoms with Crippen LogP contribution >= 0.6 is 21.6 Å². The van der Waals surface area contributed by atoms with Crippen molar-refractivity contribution in [2.45, 2.75) is 52.3 Å². The summed E-state index contributed by atoms with van der Waals surface area (Å²) in [5, 5.41) is 11.9. The van der Waals surface area contributed by atoms with Crippen molar-refractivity contribution in [3.05, 3.63) is 34.5 Å². The minimum absolute atomic E-state index is 0.339. The zero-order chi connectivity index (χ0) is 15.5. The topological polar surface area (TPSA) is 55.5 Å². The Kier molecular flexibility index (Phi) is 10.6. The van der Waals surface area contributed by atoms with Gasteiger partial charge in [-0.1, -0.05) is 44.1 Å². The highest BCUT2D eigenvalue weighted by Crippen LogP contribution is 2.33. The Morgan fingerprint density at radius 1 is 1.40 bits per heavy atom. The third-order valence-electron chi connectivity index (χ3n) is 2.94. The Bertz CT molecular complexity index is 381. The van der Waals surface area contributed by atoms with Crippen LogP contribution in [-0.2, 0) is 0 Å². The summed E-state index contributed by atoms with van der Waals surface area (Å²) < 4.78 is 0. The molecule has 3 unspecified atom stereocenters. The van der Waals surface area contributed by atoms with Crippen LogP contribution in [-0.4, -0.2) is 21.3 Å². The van der Waals surface area contributed by atoms with Gasteiger partial charge in [0.1, 0.15) is 5.04 Å². The molecule has 0 spiro atoms. The van der Waals surface area contributed by atoms with E-state index in [2.05, 4.69) is 25.8 Å². The zero-order valence-corrected chi connectivity index (χ0v) is 14.4. The molecule has 0 N–H and O–H groups in total. The molecule has 0 saturated carbocycles. The Hall–Kier alpha value is -0.750. The molecule has 3 atom stereocenters. The fraction of sp³-hybridized carbons (Fsp3) is 0.643. The average Bonchev–Trinajstić information content (AvgIpc) is 2.42. The van der Waals surface area contributed by atoms with E-state index >= 15 is 0 Å². The van der Waals surface area contributed by atoms with E-state index in [-0.39, 0.29) is 4.92 Å². The zero-order valence-electron chi connectivity index (χ0n) is 12.8. The Morgan fingerprint density at radius 2 is 2.05 bits per heavy atom. The van der Waals surface area contributed by atoms with Crippen molar-refractivity contribution in [3.8, 4) is 0 Å². The molecule has 6 heteroatoms. The highest BCUT2D eigenvalue weighted by molar-refractivity contribution is 8.82. The molecule has 0 aliphatic heterocycles. The van der Waals surface area contributed by atoms with Crippen LogP contribution in [0.1, 0.15) is 41.0 Å². The number of nitro groups is 1. The molecule has 0 bridgehead atoms. The summed E-state index contributed by atoms with van der Waals surface area (Å²) in [6.45, 7) is 10.1. The molecule has 0 aromatic heterocycles. The number of aliphatic imine (C=N–C) groups is 1. The van der Waals surface area contributed by atoms with Crippen LogP contribution < -0.4 is 0 Å². The van der Waals surface area contributed by atoms with Gasteiger partial charge < -0.3 is 0 Å². The number of hydrogen-bond acceptors (Lipinski definition) is 5. The van der Waals surface area contributed by atoms with Crippen molar-refractivity contribution < 1.29 is 4.92 Å². The van der Waals surface area contributed by atoms with Crippen molar-refractivity contribution in [1.82, 2.24) is 0 Å². The van der Waals surface area contributed by atoms with Gasteiger partial charge in [-0.2, -0.15) is 0 Å². The molecule has 0 heterocycles. The lowest BCUT2D eigenvalue weighted by atomic mass is 10.1. The average molecular weight is 316 g/mol. The monoisotopic (exact) mass is 316 g/mol. The van der Waals surface area contributed by atoms with E-state index in [0.29, 0.717) is 11.2 Å². The first-order valence-corrected chi connectivity index (χ1v) is 8.97. The van der Waals surface area contributed by atoms with Crippen LogP contribution in [0.4, 0.5) is 0 Å². The van der Waals surface area contributed by atoms with Crippen LogP contribution in [0, 0.1) is 16.0 Å². The summed E-state index contributed by atoms with van der Waals surface area (Å²) in [5.74, 6) is 0.657. The number of hydrogen-bond donors (Lipinski definition) is 0. The van der Waals surface area contributed by atoms with Gasteiger partial charge >= 0.3 is 0 Å². The fourth-order valence-corrected chi connectivity index (χ4v) is 3.64. The van der Waals surface area contributed by atoms with E-state index in [0.717, 1.165) is 11.5 Å². The van der Waals surface area contributed by atoms with Crippen molar-refractivity contribution in [2.24, 2.45) is 10.9 Å². The summed E-state index contributed by atoms with van der Waals surface area (Å²) >= 11 is 0. The molecular weight excluding hydrogens is 292 g/mol. The molecule has 0 aliphatic rings. The predicted octanol–water partition coefficient (Wildman–Crippen LogP) is 4.96. The molecule has 0 aromatic carbocycles. The number of allylic oxidation sites excluding steroid dienone is 1. The normalized spacial score (nSPS) is 17.6. The molecule has 0 amide bonds. The minimum Gasteiger partial charge on any atom is -0.264 e. The first kappa shape index (κ1) is 19.2. The van der Waals surface area contributed by atoms with Gasteiger partial charge in [0.25, 0.3) is 0 Å². The minimum atomic E-state index is -0.706. The maximum absolute atomic E-state index is 10.5. The van der Waals surface area contributed by atoms with Gasteiger partial charge in [-0.15, -0.1) is 0 Å². The van der Waals surface area contributed by atoms with Crippen LogP contribution in [0.25, 0.3) is 0 Å². The third-order valence-corrected chi connectivity index (χ3v) is 5.93. The van der Waals surface area contributed by atoms with E-state index in [1.165, 1.54) is 19.2 Å². The predicted molar refractivity (Wildman–Crippen MR) is 91.9 cm³/mol. The highest BCUT2D eigenvalue weighted by Gasteiger charge is 2.12. The van der Waals surface area contributed by atoms with E-state index in [1.54, 1.807) is 21.6 Å². The van der Waals surface area contributed by atoms with Crippen LogP contribution in [0.15, 0.2) is 29.4 Å². The quantitative estimate of drug-likeness (QED) is 0.209. The van der Waals surface area contributed by atoms with Gasteiger partial charge in [0, 0.05) is 29.4 Å². The lowest BCUT2D eigenvalue weighted by Gasteiger charge is -2.16. The van der Waals surface area contributed by atoms with E-state index in [9.17, 15) is 10.1 Å². The molecule has 0 fully saturated rings. The second-order valence-corrected chi connectivity index (χ2v) is 7.20. The Morgan fingerprint density at radius 3 is 2.55 bits per heavy atom. The lowest BCUT2D eigenvalue weighted by Crippen LogP contribution is -2.10. The maximum Gasteiger partial charge on any atom is 0.230 e. The summed E-state index contributed by atoms with van der Waals surface area (Å²) in [4.78, 5) is 14.4. The Labute approximate surface area is 129 Å². The maximum atomic E-state index is 10.5. The van der Waals surface area contributed by atoms with Crippen molar-refractivity contribution >= 4 is 26.6 Å². The van der Waals surface area contributed by atoms with Gasteiger partial charge in [0.2, 0.25) is 6.04 Å². The summed E-state index contributed by atoms with van der Waals surface area (Å²) in [6.07, 6.45) is 8.01. The van der Waals surface area contributed by atoms with Gasteiger partial charge in [-0.25, -0.2) is 4.99 Å². The van der Waals surface area contributed by atoms with Gasteiger partial charge in [0.15, 0.2) is 0 Å². The van der Waals surface area contributed by atoms with E-state index in [1.807, 2.05) is 19.1 Å². The SMILES string of the molecule is C\C=C/C(=N\C=C/C(C)[N+](=O)[O-])SSC(C)C(C)CC. The number of rotatable bonds is 8. The molecule has 20 heavy (non-hydrogen) atoms. The van der Waals surface area contributed by atoms with E-state index in [4.69, 9.17) is 0 Å². The number of nitrogens with zero attached hydrogens (tertiary/aromatic N) is 2. The van der Waals surface area contributed by atoms with Gasteiger partial charge in [0.05, 0.1) is 0 Å². The standard InChI is InChI=1S/C14H24N2O2S2/c1-6-8-14(15-10-9-12(4)16(17)18)20-19-13(5)11(3)7-2/h6,8-13H,7H2,1-5H3/b8-6-,10-9-,15-14+. The smallest absolute Gasteiger partial charge is 0.230 e. The Balaban J connectivity index is 4.53. The highest BCUT2D eigenvalue weighted by atomic mass is 33.1. The molecule has 0 aliphatic carbocycles. The first-order chi connectivity index (χ1) is 9.42. The molecule has 0 aromatic rings. The lowest BCUT2D eigenvalue weighted by molar-refractivity contribution is -0.504. The summed E-state index contributed by atoms with van der Waals surface area (Å²) in [6, 6.07) is -0.706. The summed E-state index contributed by atoms with van der Waals surface area (Å²) in [5.41, 5.74) is 0. The van der Waals surface area contributed by atoms with Crippen molar-refractivity contribution in [3.63, 3.8) is 0 Å². The third kappa shape index (κ3) is 8.43. The fourth-order valence-electron chi connectivity index (χ4n) is 1.10. The van der Waals surface area contributed by atoms with Crippen LogP contribution in [0.2, 0.25) is 0 Å². The molecule has 114 valence electrons. The largest absolute Gasteiger partial charge is 0.264 e. The van der Waals surface area contributed by atoms with Crippen molar-refractivity contribution in [2.75, 3.05) is 0 Å². The second-order valence-electron chi connectivity index (χ2n) is 4.61. The molecule has 0 saturated heterocycles. The van der Waals surface area contributed by atoms with Crippen molar-refractivity contribution in [1.29, 1.82) is 0 Å². The van der Waals surface area contributed by atoms with Gasteiger partial charge in [-0.3, -0.25) is 10.1 Å². The molecular formula is C14H24N2O2S2. The summed E-state index contributed by atoms with van der Waals surface area (Å²) in [7, 11) is 3.41. The molecule has 4 nitrogen and oxygen atoms in total. The molecule has 0 rings (SSSR count). The molecule has 0 radical (unpaired) electrons. The second kappa shape index (κ2) is 11.0. The van der Waals surface area contributed by atoms with Crippen LogP contribution in [0.5, 0.6) is 0 Å². The van der Waals surface area contributed by atoms with E-state index < -0.39 is 6.04 Å².